The number of nitrogens with zero attached hydrogens (tertiary/aromatic N) is 1. The second-order valence-electron chi connectivity index (χ2n) is 8.07. The van der Waals surface area contributed by atoms with Crippen molar-refractivity contribution in [1.29, 1.82) is 0 Å². The third-order valence-electron chi connectivity index (χ3n) is 4.61. The van der Waals surface area contributed by atoms with Crippen LogP contribution in [0.25, 0.3) is 0 Å². The zero-order valence-electron chi connectivity index (χ0n) is 15.2. The first-order valence-corrected chi connectivity index (χ1v) is 8.83. The largest absolute Gasteiger partial charge is 0.381 e. The zero-order valence-corrected chi connectivity index (χ0v) is 15.2. The number of hydrogen-bond acceptors (Lipinski definition) is 3. The molecule has 3 heteroatoms. The standard InChI is InChI=1S/C18H38N2O/c1-15(2)10-17(5)20(6)13-18(8-7-9-21-14-18)12-19-11-16(3)4/h15-17,19H,7-14H2,1-6H3. The quantitative estimate of drug-likeness (QED) is 0.706. The molecule has 2 atom stereocenters. The molecule has 0 aromatic rings. The molecule has 1 heterocycles. The highest BCUT2D eigenvalue weighted by atomic mass is 16.5. The molecule has 0 radical (unpaired) electrons. The maximum atomic E-state index is 5.84. The molecule has 1 saturated heterocycles. The molecule has 0 aromatic carbocycles. The Labute approximate surface area is 132 Å². The van der Waals surface area contributed by atoms with Gasteiger partial charge >= 0.3 is 0 Å². The molecule has 0 aliphatic carbocycles. The first kappa shape index (κ1) is 18.9. The molecule has 0 amide bonds. The normalized spacial score (nSPS) is 25.0. The van der Waals surface area contributed by atoms with Gasteiger partial charge in [-0.3, -0.25) is 0 Å². The van der Waals surface area contributed by atoms with Crippen molar-refractivity contribution >= 4 is 0 Å². The summed E-state index contributed by atoms with van der Waals surface area (Å²) >= 11 is 0. The van der Waals surface area contributed by atoms with Crippen molar-refractivity contribution < 1.29 is 4.74 Å². The average Bonchev–Trinajstić information content (AvgIpc) is 2.38. The third-order valence-corrected chi connectivity index (χ3v) is 4.61. The smallest absolute Gasteiger partial charge is 0.0546 e. The lowest BCUT2D eigenvalue weighted by Crippen LogP contribution is -2.50. The number of hydrogen-bond donors (Lipinski definition) is 1. The minimum Gasteiger partial charge on any atom is -0.381 e. The van der Waals surface area contributed by atoms with Crippen LogP contribution < -0.4 is 5.32 Å². The fraction of sp³-hybridized carbons (Fsp3) is 1.00. The van der Waals surface area contributed by atoms with Gasteiger partial charge in [0.2, 0.25) is 0 Å². The molecule has 1 aliphatic rings. The minimum absolute atomic E-state index is 0.299. The molecule has 3 nitrogen and oxygen atoms in total. The van der Waals surface area contributed by atoms with Gasteiger partial charge in [-0.15, -0.1) is 0 Å². The molecule has 0 spiro atoms. The van der Waals surface area contributed by atoms with Crippen LogP contribution in [0.2, 0.25) is 0 Å². The van der Waals surface area contributed by atoms with Crippen molar-refractivity contribution in [2.45, 2.75) is 59.9 Å². The SMILES string of the molecule is CC(C)CNCC1(CN(C)C(C)CC(C)C)CCCOC1. The Morgan fingerprint density at radius 3 is 2.38 bits per heavy atom. The molecule has 126 valence electrons. The molecule has 0 aromatic heterocycles. The monoisotopic (exact) mass is 298 g/mol. The first-order valence-electron chi connectivity index (χ1n) is 8.83. The molecule has 0 bridgehead atoms. The van der Waals surface area contributed by atoms with Crippen molar-refractivity contribution in [3.8, 4) is 0 Å². The molecule has 0 saturated carbocycles. The van der Waals surface area contributed by atoms with Gasteiger partial charge in [0.1, 0.15) is 0 Å². The molecule has 1 N–H and O–H groups in total. The van der Waals surface area contributed by atoms with E-state index in [1.54, 1.807) is 0 Å². The van der Waals surface area contributed by atoms with E-state index in [1.807, 2.05) is 0 Å². The van der Waals surface area contributed by atoms with Crippen LogP contribution in [0.3, 0.4) is 0 Å². The summed E-state index contributed by atoms with van der Waals surface area (Å²) in [5.74, 6) is 1.48. The van der Waals surface area contributed by atoms with Crippen LogP contribution in [0.4, 0.5) is 0 Å². The fourth-order valence-electron chi connectivity index (χ4n) is 3.40. The van der Waals surface area contributed by atoms with Gasteiger partial charge in [-0.05, 0) is 51.6 Å². The summed E-state index contributed by atoms with van der Waals surface area (Å²) in [5.41, 5.74) is 0.299. The Balaban J connectivity index is 2.55. The Kier molecular flexibility index (Phi) is 8.22. The van der Waals surface area contributed by atoms with Gasteiger partial charge in [0.05, 0.1) is 6.61 Å². The van der Waals surface area contributed by atoms with E-state index in [4.69, 9.17) is 4.74 Å². The maximum Gasteiger partial charge on any atom is 0.0546 e. The minimum atomic E-state index is 0.299. The van der Waals surface area contributed by atoms with Gasteiger partial charge in [-0.25, -0.2) is 0 Å². The second-order valence-corrected chi connectivity index (χ2v) is 8.07. The summed E-state index contributed by atoms with van der Waals surface area (Å²) in [5, 5.41) is 3.67. The van der Waals surface area contributed by atoms with Crippen LogP contribution >= 0.6 is 0 Å². The van der Waals surface area contributed by atoms with Crippen molar-refractivity contribution in [3.05, 3.63) is 0 Å². The highest BCUT2D eigenvalue weighted by molar-refractivity contribution is 4.88. The van der Waals surface area contributed by atoms with E-state index in [-0.39, 0.29) is 0 Å². The topological polar surface area (TPSA) is 24.5 Å². The summed E-state index contributed by atoms with van der Waals surface area (Å²) in [6, 6.07) is 0.647. The van der Waals surface area contributed by atoms with Gasteiger partial charge in [0.25, 0.3) is 0 Å². The maximum absolute atomic E-state index is 5.84. The molecule has 2 unspecified atom stereocenters. The Morgan fingerprint density at radius 1 is 1.14 bits per heavy atom. The average molecular weight is 299 g/mol. The lowest BCUT2D eigenvalue weighted by atomic mass is 9.81. The van der Waals surface area contributed by atoms with Crippen molar-refractivity contribution in [2.24, 2.45) is 17.3 Å². The van der Waals surface area contributed by atoms with Crippen molar-refractivity contribution in [2.75, 3.05) is 39.9 Å². The van der Waals surface area contributed by atoms with E-state index in [9.17, 15) is 0 Å². The van der Waals surface area contributed by atoms with Crippen LogP contribution in [0, 0.1) is 17.3 Å². The van der Waals surface area contributed by atoms with Crippen LogP contribution in [0.5, 0.6) is 0 Å². The van der Waals surface area contributed by atoms with Gasteiger partial charge in [-0.1, -0.05) is 27.7 Å². The van der Waals surface area contributed by atoms with E-state index in [2.05, 4.69) is 51.9 Å². The van der Waals surface area contributed by atoms with Gasteiger partial charge in [0.15, 0.2) is 0 Å². The van der Waals surface area contributed by atoms with Gasteiger partial charge < -0.3 is 15.0 Å². The summed E-state index contributed by atoms with van der Waals surface area (Å²) in [7, 11) is 2.28. The number of ether oxygens (including phenoxy) is 1. The predicted molar refractivity (Wildman–Crippen MR) is 91.7 cm³/mol. The van der Waals surface area contributed by atoms with Gasteiger partial charge in [-0.2, -0.15) is 0 Å². The number of rotatable bonds is 9. The highest BCUT2D eigenvalue weighted by Gasteiger charge is 2.34. The van der Waals surface area contributed by atoms with E-state index < -0.39 is 0 Å². The molecular weight excluding hydrogens is 260 g/mol. The van der Waals surface area contributed by atoms with E-state index in [0.29, 0.717) is 17.4 Å². The lowest BCUT2D eigenvalue weighted by molar-refractivity contribution is -0.0285. The van der Waals surface area contributed by atoms with Crippen LogP contribution in [-0.4, -0.2) is 50.8 Å². The van der Waals surface area contributed by atoms with Crippen LogP contribution in [0.15, 0.2) is 0 Å². The molecule has 1 fully saturated rings. The fourth-order valence-corrected chi connectivity index (χ4v) is 3.40. The van der Waals surface area contributed by atoms with Crippen LogP contribution in [0.1, 0.15) is 53.9 Å². The molecule has 1 rings (SSSR count). The number of nitrogens with one attached hydrogen (secondary N) is 1. The Bertz CT molecular complexity index is 272. The van der Waals surface area contributed by atoms with Crippen molar-refractivity contribution in [3.63, 3.8) is 0 Å². The molecular formula is C18H38N2O. The molecule has 21 heavy (non-hydrogen) atoms. The summed E-state index contributed by atoms with van der Waals surface area (Å²) in [6.07, 6.45) is 3.76. The Morgan fingerprint density at radius 2 is 1.86 bits per heavy atom. The zero-order chi connectivity index (χ0) is 15.9. The van der Waals surface area contributed by atoms with E-state index >= 15 is 0 Å². The third kappa shape index (κ3) is 7.12. The predicted octanol–water partition coefficient (Wildman–Crippen LogP) is 3.40. The van der Waals surface area contributed by atoms with Crippen LogP contribution in [-0.2, 0) is 4.74 Å². The summed E-state index contributed by atoms with van der Waals surface area (Å²) < 4.78 is 5.84. The van der Waals surface area contributed by atoms with E-state index in [0.717, 1.165) is 38.8 Å². The van der Waals surface area contributed by atoms with E-state index in [1.165, 1.54) is 19.3 Å². The van der Waals surface area contributed by atoms with Gasteiger partial charge in [0, 0.05) is 31.2 Å². The first-order chi connectivity index (χ1) is 9.84. The lowest BCUT2D eigenvalue weighted by Gasteiger charge is -2.42. The highest BCUT2D eigenvalue weighted by Crippen LogP contribution is 2.30. The summed E-state index contributed by atoms with van der Waals surface area (Å²) in [6.45, 7) is 16.7. The summed E-state index contributed by atoms with van der Waals surface area (Å²) in [4.78, 5) is 2.55. The molecule has 1 aliphatic heterocycles. The van der Waals surface area contributed by atoms with Crippen molar-refractivity contribution in [1.82, 2.24) is 10.2 Å². The Hall–Kier alpha value is -0.120. The second kappa shape index (κ2) is 9.12.